The lowest BCUT2D eigenvalue weighted by Gasteiger charge is -2.26. The third-order valence-corrected chi connectivity index (χ3v) is 8.40. The molecule has 5 heteroatoms. The molecule has 0 N–H and O–H groups in total. The number of nitrogens with zero attached hydrogens (tertiary/aromatic N) is 3. The molecule has 0 saturated carbocycles. The molecule has 0 aliphatic carbocycles. The Labute approximate surface area is 258 Å². The Morgan fingerprint density at radius 3 is 1.76 bits per heavy atom. The van der Waals surface area contributed by atoms with Gasteiger partial charge in [0.1, 0.15) is 22.4 Å². The van der Waals surface area contributed by atoms with Crippen molar-refractivity contribution in [1.29, 1.82) is 0 Å². The molecule has 5 nitrogen and oxygen atoms in total. The van der Waals surface area contributed by atoms with E-state index in [1.165, 1.54) is 0 Å². The normalized spacial score (nSPS) is 11.6. The Kier molecular flexibility index (Phi) is 5.74. The first kappa shape index (κ1) is 25.3. The van der Waals surface area contributed by atoms with Crippen LogP contribution in [0, 0.1) is 0 Å². The number of hydrogen-bond acceptors (Lipinski definition) is 5. The van der Waals surface area contributed by atoms with E-state index in [1.54, 1.807) is 0 Å². The van der Waals surface area contributed by atoms with Crippen LogP contribution in [0.5, 0.6) is 0 Å². The Hall–Kier alpha value is -6.20. The van der Waals surface area contributed by atoms with E-state index in [0.29, 0.717) is 0 Å². The number of anilines is 3. The minimum absolute atomic E-state index is 0.801. The molecular weight excluding hydrogens is 554 g/mol. The highest BCUT2D eigenvalue weighted by Crippen LogP contribution is 2.40. The minimum atomic E-state index is 0.801. The van der Waals surface area contributed by atoms with Gasteiger partial charge in [0, 0.05) is 56.7 Å². The van der Waals surface area contributed by atoms with Crippen molar-refractivity contribution in [3.8, 4) is 22.4 Å². The fourth-order valence-corrected chi connectivity index (χ4v) is 6.27. The summed E-state index contributed by atoms with van der Waals surface area (Å²) in [5.41, 5.74) is 11.3. The number of benzene rings is 5. The molecule has 0 amide bonds. The largest absolute Gasteiger partial charge is 0.454 e. The molecule has 0 spiro atoms. The predicted molar refractivity (Wildman–Crippen MR) is 182 cm³/mol. The van der Waals surface area contributed by atoms with Crippen molar-refractivity contribution in [3.05, 3.63) is 152 Å². The van der Waals surface area contributed by atoms with Gasteiger partial charge in [-0.1, -0.05) is 72.8 Å². The first-order valence-electron chi connectivity index (χ1n) is 14.9. The van der Waals surface area contributed by atoms with Crippen molar-refractivity contribution >= 4 is 61.1 Å². The van der Waals surface area contributed by atoms with Gasteiger partial charge >= 0.3 is 0 Å². The maximum atomic E-state index is 6.26. The Morgan fingerprint density at radius 2 is 1.00 bits per heavy atom. The van der Waals surface area contributed by atoms with E-state index in [0.717, 1.165) is 83.5 Å². The Morgan fingerprint density at radius 1 is 0.422 bits per heavy atom. The van der Waals surface area contributed by atoms with Crippen LogP contribution in [-0.4, -0.2) is 9.97 Å². The second kappa shape index (κ2) is 10.2. The zero-order valence-electron chi connectivity index (χ0n) is 24.1. The lowest BCUT2D eigenvalue weighted by atomic mass is 10.0. The van der Waals surface area contributed by atoms with Gasteiger partial charge in [0.05, 0.1) is 0 Å². The van der Waals surface area contributed by atoms with Crippen LogP contribution in [0.25, 0.3) is 66.4 Å². The monoisotopic (exact) mass is 579 g/mol. The second-order valence-corrected chi connectivity index (χ2v) is 11.0. The number of pyridine rings is 2. The van der Waals surface area contributed by atoms with Gasteiger partial charge in [0.25, 0.3) is 0 Å². The van der Waals surface area contributed by atoms with Gasteiger partial charge in [0.2, 0.25) is 0 Å². The lowest BCUT2D eigenvalue weighted by molar-refractivity contribution is 0.668. The summed E-state index contributed by atoms with van der Waals surface area (Å²) >= 11 is 0. The predicted octanol–water partition coefficient (Wildman–Crippen LogP) is 11.1. The van der Waals surface area contributed by atoms with Crippen LogP contribution in [-0.2, 0) is 0 Å². The molecule has 9 rings (SSSR count). The molecule has 4 aromatic heterocycles. The SMILES string of the molecule is c1ccc(N(c2ccc(-c3nccc4c3oc3ccccc34)cc2)c2ccc(-c3ccnc4c3oc3ccccc34)cc2)cc1. The quantitative estimate of drug-likeness (QED) is 0.203. The van der Waals surface area contributed by atoms with Crippen LogP contribution >= 0.6 is 0 Å². The number of para-hydroxylation sites is 3. The minimum Gasteiger partial charge on any atom is -0.454 e. The third-order valence-electron chi connectivity index (χ3n) is 8.40. The Bertz CT molecular complexity index is 2320. The topological polar surface area (TPSA) is 55.3 Å². The smallest absolute Gasteiger partial charge is 0.161 e. The van der Waals surface area contributed by atoms with E-state index in [2.05, 4.69) is 94.8 Å². The van der Waals surface area contributed by atoms with Gasteiger partial charge in [0.15, 0.2) is 11.2 Å². The van der Waals surface area contributed by atoms with Gasteiger partial charge in [-0.15, -0.1) is 0 Å². The van der Waals surface area contributed by atoms with Crippen LogP contribution in [0.1, 0.15) is 0 Å². The van der Waals surface area contributed by atoms with Crippen LogP contribution in [0.3, 0.4) is 0 Å². The van der Waals surface area contributed by atoms with Crippen LogP contribution in [0.15, 0.2) is 161 Å². The van der Waals surface area contributed by atoms with E-state index >= 15 is 0 Å². The van der Waals surface area contributed by atoms with E-state index in [-0.39, 0.29) is 0 Å². The molecule has 4 heterocycles. The molecule has 0 atom stereocenters. The fourth-order valence-electron chi connectivity index (χ4n) is 6.27. The first-order chi connectivity index (χ1) is 22.3. The molecule has 0 radical (unpaired) electrons. The zero-order chi connectivity index (χ0) is 29.7. The van der Waals surface area contributed by atoms with Crippen LogP contribution < -0.4 is 4.90 Å². The van der Waals surface area contributed by atoms with Gasteiger partial charge < -0.3 is 13.7 Å². The molecule has 0 fully saturated rings. The summed E-state index contributed by atoms with van der Waals surface area (Å²) in [7, 11) is 0. The van der Waals surface area contributed by atoms with Gasteiger partial charge in [-0.05, 0) is 72.3 Å². The average molecular weight is 580 g/mol. The number of hydrogen-bond donors (Lipinski definition) is 0. The highest BCUT2D eigenvalue weighted by atomic mass is 16.3. The van der Waals surface area contributed by atoms with Crippen molar-refractivity contribution in [2.24, 2.45) is 0 Å². The van der Waals surface area contributed by atoms with Crippen molar-refractivity contribution in [2.45, 2.75) is 0 Å². The van der Waals surface area contributed by atoms with E-state index in [4.69, 9.17) is 13.8 Å². The number of aromatic nitrogens is 2. The first-order valence-corrected chi connectivity index (χ1v) is 14.9. The average Bonchev–Trinajstić information content (AvgIpc) is 3.68. The number of rotatable bonds is 5. The van der Waals surface area contributed by atoms with Crippen molar-refractivity contribution in [1.82, 2.24) is 9.97 Å². The highest BCUT2D eigenvalue weighted by molar-refractivity contribution is 6.09. The summed E-state index contributed by atoms with van der Waals surface area (Å²) in [5.74, 6) is 0. The van der Waals surface area contributed by atoms with Gasteiger partial charge in [-0.3, -0.25) is 9.97 Å². The van der Waals surface area contributed by atoms with Crippen molar-refractivity contribution in [2.75, 3.05) is 4.90 Å². The van der Waals surface area contributed by atoms with Gasteiger partial charge in [-0.25, -0.2) is 0 Å². The molecule has 5 aromatic carbocycles. The van der Waals surface area contributed by atoms with Gasteiger partial charge in [-0.2, -0.15) is 0 Å². The number of fused-ring (bicyclic) bond motifs is 6. The van der Waals surface area contributed by atoms with Crippen LogP contribution in [0.4, 0.5) is 17.1 Å². The summed E-state index contributed by atoms with van der Waals surface area (Å²) in [5, 5.41) is 3.19. The summed E-state index contributed by atoms with van der Waals surface area (Å²) in [4.78, 5) is 11.6. The third kappa shape index (κ3) is 4.17. The summed E-state index contributed by atoms with van der Waals surface area (Å²) in [6.07, 6.45) is 3.71. The maximum absolute atomic E-state index is 6.26. The second-order valence-electron chi connectivity index (χ2n) is 11.0. The molecule has 0 saturated heterocycles. The fraction of sp³-hybridized carbons (Fsp3) is 0. The Balaban J connectivity index is 1.11. The zero-order valence-corrected chi connectivity index (χ0v) is 24.1. The molecule has 45 heavy (non-hydrogen) atoms. The summed E-state index contributed by atoms with van der Waals surface area (Å²) in [6.45, 7) is 0. The van der Waals surface area contributed by atoms with E-state index < -0.39 is 0 Å². The van der Waals surface area contributed by atoms with E-state index in [1.807, 2.05) is 67.0 Å². The number of furan rings is 2. The summed E-state index contributed by atoms with van der Waals surface area (Å²) < 4.78 is 12.5. The molecule has 212 valence electrons. The van der Waals surface area contributed by atoms with Crippen molar-refractivity contribution < 1.29 is 8.83 Å². The van der Waals surface area contributed by atoms with Crippen LogP contribution in [0.2, 0.25) is 0 Å². The van der Waals surface area contributed by atoms with Crippen molar-refractivity contribution in [3.63, 3.8) is 0 Å². The molecule has 0 aliphatic rings. The maximum Gasteiger partial charge on any atom is 0.161 e. The summed E-state index contributed by atoms with van der Waals surface area (Å²) in [6, 6.07) is 47.7. The molecule has 0 unspecified atom stereocenters. The molecule has 0 aliphatic heterocycles. The molecule has 9 aromatic rings. The van der Waals surface area contributed by atoms with E-state index in [9.17, 15) is 0 Å². The standard InChI is InChI=1S/C40H25N3O2/c1-2-8-28(9-3-1)43(29-18-14-26(15-19-29)31-22-24-42-38-34-11-5-7-13-36(34)45-39(31)38)30-20-16-27(17-21-30)37-40-33(23-25-41-37)32-10-4-6-12-35(32)44-40/h1-25H. The highest BCUT2D eigenvalue weighted by Gasteiger charge is 2.17. The lowest BCUT2D eigenvalue weighted by Crippen LogP contribution is -2.09. The molecular formula is C40H25N3O2. The molecule has 0 bridgehead atoms.